The molecule has 0 fully saturated rings. The number of hydrogen-bond acceptors (Lipinski definition) is 4. The van der Waals surface area contributed by atoms with Crippen LogP contribution in [0.3, 0.4) is 0 Å². The molecule has 0 amide bonds. The van der Waals surface area contributed by atoms with Crippen LogP contribution in [0.1, 0.15) is 33.6 Å². The van der Waals surface area contributed by atoms with Crippen LogP contribution >= 0.6 is 0 Å². The molecule has 0 radical (unpaired) electrons. The van der Waals surface area contributed by atoms with Gasteiger partial charge >= 0.3 is 10.4 Å². The second-order valence-electron chi connectivity index (χ2n) is 4.19. The molecule has 0 heterocycles. The van der Waals surface area contributed by atoms with Crippen LogP contribution in [0.5, 0.6) is 0 Å². The maximum Gasteiger partial charge on any atom is 0.397 e. The van der Waals surface area contributed by atoms with Gasteiger partial charge in [0.2, 0.25) is 0 Å². The molecule has 15 heavy (non-hydrogen) atoms. The van der Waals surface area contributed by atoms with E-state index in [4.69, 9.17) is 9.66 Å². The molecule has 6 heteroatoms. The fourth-order valence-electron chi connectivity index (χ4n) is 1.20. The molecule has 0 aromatic rings. The van der Waals surface area contributed by atoms with Gasteiger partial charge in [0.15, 0.2) is 0 Å². The molecule has 0 aromatic heterocycles. The molecule has 5 nitrogen and oxygen atoms in total. The number of aliphatic hydroxyl groups is 1. The first-order chi connectivity index (χ1) is 6.76. The van der Waals surface area contributed by atoms with E-state index in [0.29, 0.717) is 12.3 Å². The Morgan fingerprint density at radius 3 is 2.07 bits per heavy atom. The lowest BCUT2D eigenvalue weighted by molar-refractivity contribution is 0.0803. The fraction of sp³-hybridized carbons (Fsp3) is 1.00. The first kappa shape index (κ1) is 14.8. The molecule has 0 aliphatic heterocycles. The molecule has 2 atom stereocenters. The van der Waals surface area contributed by atoms with Gasteiger partial charge in [0.05, 0.1) is 6.10 Å². The van der Waals surface area contributed by atoms with Crippen molar-refractivity contribution in [2.45, 2.75) is 39.7 Å². The summed E-state index contributed by atoms with van der Waals surface area (Å²) in [6, 6.07) is 0. The first-order valence-corrected chi connectivity index (χ1v) is 6.39. The van der Waals surface area contributed by atoms with Gasteiger partial charge < -0.3 is 5.11 Å². The zero-order valence-electron chi connectivity index (χ0n) is 9.38. The molecule has 0 saturated carbocycles. The minimum absolute atomic E-state index is 0.168. The van der Waals surface area contributed by atoms with Gasteiger partial charge in [-0.05, 0) is 18.8 Å². The van der Waals surface area contributed by atoms with Crippen LogP contribution in [-0.4, -0.2) is 30.8 Å². The summed E-state index contributed by atoms with van der Waals surface area (Å²) in [5.74, 6) is 0.106. The highest BCUT2D eigenvalue weighted by molar-refractivity contribution is 7.80. The lowest BCUT2D eigenvalue weighted by Gasteiger charge is -2.21. The maximum atomic E-state index is 10.6. The van der Waals surface area contributed by atoms with Gasteiger partial charge in [-0.2, -0.15) is 8.42 Å². The zero-order valence-corrected chi connectivity index (χ0v) is 10.2. The van der Waals surface area contributed by atoms with Crippen LogP contribution in [0.15, 0.2) is 0 Å². The summed E-state index contributed by atoms with van der Waals surface area (Å²) in [6.07, 6.45) is 0.622. The van der Waals surface area contributed by atoms with Crippen molar-refractivity contribution in [3.05, 3.63) is 0 Å². The van der Waals surface area contributed by atoms with Gasteiger partial charge in [0, 0.05) is 12.5 Å². The molecule has 2 N–H and O–H groups in total. The van der Waals surface area contributed by atoms with Gasteiger partial charge in [-0.15, -0.1) is 0 Å². The predicted molar refractivity (Wildman–Crippen MR) is 56.7 cm³/mol. The summed E-state index contributed by atoms with van der Waals surface area (Å²) in [5.41, 5.74) is 0. The monoisotopic (exact) mass is 240 g/mol. The summed E-state index contributed by atoms with van der Waals surface area (Å²) in [7, 11) is -4.44. The summed E-state index contributed by atoms with van der Waals surface area (Å²) < 4.78 is 34.2. The molecule has 0 bridgehead atoms. The van der Waals surface area contributed by atoms with Gasteiger partial charge in [0.25, 0.3) is 0 Å². The first-order valence-electron chi connectivity index (χ1n) is 5.02. The molecule has 0 spiro atoms. The maximum absolute atomic E-state index is 10.6. The summed E-state index contributed by atoms with van der Waals surface area (Å²) >= 11 is 0. The molecule has 0 rings (SSSR count). The minimum Gasteiger partial charge on any atom is -0.396 e. The largest absolute Gasteiger partial charge is 0.397 e. The Kier molecular flexibility index (Phi) is 6.35. The number of rotatable bonds is 7. The van der Waals surface area contributed by atoms with Crippen molar-refractivity contribution in [3.8, 4) is 0 Å². The van der Waals surface area contributed by atoms with Crippen LogP contribution in [0.25, 0.3) is 0 Å². The van der Waals surface area contributed by atoms with Crippen molar-refractivity contribution in [1.82, 2.24) is 0 Å². The number of aliphatic hydroxyl groups excluding tert-OH is 1. The number of hydrogen-bond donors (Lipinski definition) is 2. The molecule has 0 aliphatic carbocycles. The van der Waals surface area contributed by atoms with E-state index in [1.807, 2.05) is 13.8 Å². The van der Waals surface area contributed by atoms with Gasteiger partial charge in [-0.25, -0.2) is 4.18 Å². The van der Waals surface area contributed by atoms with Crippen molar-refractivity contribution in [1.29, 1.82) is 0 Å². The van der Waals surface area contributed by atoms with E-state index in [1.54, 1.807) is 6.92 Å². The third kappa shape index (κ3) is 7.72. The molecule has 0 aliphatic rings. The Morgan fingerprint density at radius 1 is 1.20 bits per heavy atom. The molecular weight excluding hydrogens is 220 g/mol. The smallest absolute Gasteiger partial charge is 0.396 e. The molecule has 0 saturated heterocycles. The average molecular weight is 240 g/mol. The highest BCUT2D eigenvalue weighted by Gasteiger charge is 2.23. The SMILES string of the molecule is CC(C)CCC(OS(=O)(=O)O)C(C)CO. The van der Waals surface area contributed by atoms with Crippen molar-refractivity contribution in [3.63, 3.8) is 0 Å². The standard InChI is InChI=1S/C9H20O5S/c1-7(2)4-5-9(8(3)6-10)14-15(11,12)13/h7-10H,4-6H2,1-3H3,(H,11,12,13). The Labute approximate surface area is 91.4 Å². The second kappa shape index (κ2) is 6.42. The quantitative estimate of drug-likeness (QED) is 0.654. The Bertz CT molecular complexity index is 260. The molecule has 2 unspecified atom stereocenters. The van der Waals surface area contributed by atoms with E-state index in [-0.39, 0.29) is 12.5 Å². The summed E-state index contributed by atoms with van der Waals surface area (Å²) in [6.45, 7) is 5.52. The van der Waals surface area contributed by atoms with Crippen LogP contribution in [0, 0.1) is 11.8 Å². The predicted octanol–water partition coefficient (Wildman–Crippen LogP) is 1.24. The second-order valence-corrected chi connectivity index (χ2v) is 5.24. The highest BCUT2D eigenvalue weighted by atomic mass is 32.3. The third-order valence-electron chi connectivity index (χ3n) is 2.20. The molecule has 0 aromatic carbocycles. The van der Waals surface area contributed by atoms with Crippen LogP contribution < -0.4 is 0 Å². The Hall–Kier alpha value is -0.170. The molecule has 92 valence electrons. The Balaban J connectivity index is 4.32. The summed E-state index contributed by atoms with van der Waals surface area (Å²) in [5, 5.41) is 8.91. The van der Waals surface area contributed by atoms with E-state index in [9.17, 15) is 8.42 Å². The van der Waals surface area contributed by atoms with Crippen molar-refractivity contribution >= 4 is 10.4 Å². The van der Waals surface area contributed by atoms with E-state index in [2.05, 4.69) is 4.18 Å². The highest BCUT2D eigenvalue weighted by Crippen LogP contribution is 2.18. The van der Waals surface area contributed by atoms with E-state index in [1.165, 1.54) is 0 Å². The third-order valence-corrected chi connectivity index (χ3v) is 2.69. The van der Waals surface area contributed by atoms with Crippen LogP contribution in [-0.2, 0) is 14.6 Å². The van der Waals surface area contributed by atoms with Crippen molar-refractivity contribution in [2.75, 3.05) is 6.61 Å². The Morgan fingerprint density at radius 2 is 1.73 bits per heavy atom. The van der Waals surface area contributed by atoms with E-state index in [0.717, 1.165) is 6.42 Å². The average Bonchev–Trinajstić information content (AvgIpc) is 2.08. The van der Waals surface area contributed by atoms with E-state index >= 15 is 0 Å². The molecular formula is C9H20O5S. The van der Waals surface area contributed by atoms with Gasteiger partial charge in [-0.3, -0.25) is 4.55 Å². The topological polar surface area (TPSA) is 83.8 Å². The fourth-order valence-corrected chi connectivity index (χ4v) is 1.80. The van der Waals surface area contributed by atoms with Crippen molar-refractivity contribution in [2.24, 2.45) is 11.8 Å². The van der Waals surface area contributed by atoms with Crippen LogP contribution in [0.2, 0.25) is 0 Å². The van der Waals surface area contributed by atoms with Gasteiger partial charge in [0.1, 0.15) is 0 Å². The normalized spacial score (nSPS) is 16.7. The minimum atomic E-state index is -4.44. The summed E-state index contributed by atoms with van der Waals surface area (Å²) in [4.78, 5) is 0. The lowest BCUT2D eigenvalue weighted by Crippen LogP contribution is -2.27. The van der Waals surface area contributed by atoms with Crippen LogP contribution in [0.4, 0.5) is 0 Å². The van der Waals surface area contributed by atoms with Gasteiger partial charge in [-0.1, -0.05) is 20.8 Å². The van der Waals surface area contributed by atoms with E-state index < -0.39 is 16.5 Å². The zero-order chi connectivity index (χ0) is 12.1. The van der Waals surface area contributed by atoms with Crippen molar-refractivity contribution < 1.29 is 22.3 Å². The lowest BCUT2D eigenvalue weighted by atomic mass is 9.97.